The van der Waals surface area contributed by atoms with Gasteiger partial charge in [0.15, 0.2) is 0 Å². The number of methoxy groups -OCH3 is 1. The highest BCUT2D eigenvalue weighted by atomic mass is 16.5. The van der Waals surface area contributed by atoms with Crippen LogP contribution in [-0.4, -0.2) is 26.0 Å². The van der Waals surface area contributed by atoms with Crippen LogP contribution in [0.5, 0.6) is 0 Å². The molecule has 0 heterocycles. The van der Waals surface area contributed by atoms with Crippen LogP contribution in [0.1, 0.15) is 25.0 Å². The van der Waals surface area contributed by atoms with Crippen molar-refractivity contribution in [1.29, 1.82) is 0 Å². The molecule has 1 rings (SSSR count). The summed E-state index contributed by atoms with van der Waals surface area (Å²) in [5.74, 6) is -0.819. The second-order valence-electron chi connectivity index (χ2n) is 5.27. The molecule has 1 amide bonds. The maximum absolute atomic E-state index is 12.4. The van der Waals surface area contributed by atoms with Gasteiger partial charge in [0.25, 0.3) is 0 Å². The lowest BCUT2D eigenvalue weighted by molar-refractivity contribution is -0.155. The predicted octanol–water partition coefficient (Wildman–Crippen LogP) is 2.47. The van der Waals surface area contributed by atoms with Gasteiger partial charge in [0.05, 0.1) is 7.11 Å². The van der Waals surface area contributed by atoms with E-state index < -0.39 is 11.4 Å². The minimum absolute atomic E-state index is 0.286. The van der Waals surface area contributed by atoms with E-state index in [-0.39, 0.29) is 5.91 Å². The summed E-state index contributed by atoms with van der Waals surface area (Å²) >= 11 is 0. The molecule has 0 atom stereocenters. The van der Waals surface area contributed by atoms with E-state index in [1.807, 2.05) is 32.0 Å². The SMILES string of the molecule is COC(=O)C(C)(C)C(=O)N(C)c1ccc(C)cc1C. The van der Waals surface area contributed by atoms with Gasteiger partial charge in [0.1, 0.15) is 5.41 Å². The normalized spacial score (nSPS) is 11.1. The molecule has 0 radical (unpaired) electrons. The first-order chi connectivity index (χ1) is 8.71. The first kappa shape index (κ1) is 15.2. The van der Waals surface area contributed by atoms with Gasteiger partial charge < -0.3 is 9.64 Å². The number of ether oxygens (including phenoxy) is 1. The van der Waals surface area contributed by atoms with Crippen LogP contribution < -0.4 is 4.90 Å². The smallest absolute Gasteiger partial charge is 0.320 e. The van der Waals surface area contributed by atoms with Gasteiger partial charge in [-0.05, 0) is 39.3 Å². The molecule has 4 nitrogen and oxygen atoms in total. The molecule has 1 aromatic rings. The summed E-state index contributed by atoms with van der Waals surface area (Å²) in [5, 5.41) is 0. The number of esters is 1. The molecule has 19 heavy (non-hydrogen) atoms. The Bertz CT molecular complexity index is 506. The molecular weight excluding hydrogens is 242 g/mol. The third kappa shape index (κ3) is 2.95. The molecule has 0 aliphatic carbocycles. The molecule has 4 heteroatoms. The van der Waals surface area contributed by atoms with E-state index >= 15 is 0 Å². The zero-order valence-electron chi connectivity index (χ0n) is 12.4. The van der Waals surface area contributed by atoms with Crippen molar-refractivity contribution < 1.29 is 14.3 Å². The van der Waals surface area contributed by atoms with Gasteiger partial charge >= 0.3 is 5.97 Å². The van der Waals surface area contributed by atoms with Gasteiger partial charge in [-0.15, -0.1) is 0 Å². The average Bonchev–Trinajstić information content (AvgIpc) is 2.35. The molecule has 0 saturated carbocycles. The quantitative estimate of drug-likeness (QED) is 0.621. The van der Waals surface area contributed by atoms with Gasteiger partial charge in [-0.3, -0.25) is 9.59 Å². The first-order valence-electron chi connectivity index (χ1n) is 6.15. The van der Waals surface area contributed by atoms with E-state index in [1.165, 1.54) is 12.0 Å². The number of carbonyl (C=O) groups is 2. The van der Waals surface area contributed by atoms with E-state index in [9.17, 15) is 9.59 Å². The fraction of sp³-hybridized carbons (Fsp3) is 0.467. The molecule has 1 aromatic carbocycles. The molecule has 0 fully saturated rings. The molecule has 0 N–H and O–H groups in total. The van der Waals surface area contributed by atoms with E-state index in [2.05, 4.69) is 4.74 Å². The number of nitrogens with zero attached hydrogens (tertiary/aromatic N) is 1. The summed E-state index contributed by atoms with van der Waals surface area (Å²) in [7, 11) is 2.96. The van der Waals surface area contributed by atoms with E-state index in [1.54, 1.807) is 20.9 Å². The van der Waals surface area contributed by atoms with Crippen molar-refractivity contribution in [2.45, 2.75) is 27.7 Å². The molecular formula is C15H21NO3. The standard InChI is InChI=1S/C15H21NO3/c1-10-7-8-12(11(2)9-10)16(5)13(17)15(3,4)14(18)19-6/h7-9H,1-6H3. The van der Waals surface area contributed by atoms with Crippen LogP contribution in [-0.2, 0) is 14.3 Å². The summed E-state index contributed by atoms with van der Waals surface area (Å²) in [6, 6.07) is 5.83. The van der Waals surface area contributed by atoms with Crippen molar-refractivity contribution in [3.8, 4) is 0 Å². The van der Waals surface area contributed by atoms with Crippen LogP contribution in [0, 0.1) is 19.3 Å². The summed E-state index contributed by atoms with van der Waals surface area (Å²) < 4.78 is 4.69. The van der Waals surface area contributed by atoms with Crippen LogP contribution in [0.3, 0.4) is 0 Å². The fourth-order valence-electron chi connectivity index (χ4n) is 2.05. The largest absolute Gasteiger partial charge is 0.468 e. The van der Waals surface area contributed by atoms with E-state index in [4.69, 9.17) is 0 Å². The van der Waals surface area contributed by atoms with Crippen LogP contribution in [0.2, 0.25) is 0 Å². The molecule has 0 aromatic heterocycles. The number of benzene rings is 1. The minimum Gasteiger partial charge on any atom is -0.468 e. The Hall–Kier alpha value is -1.84. The second-order valence-corrected chi connectivity index (χ2v) is 5.27. The van der Waals surface area contributed by atoms with Gasteiger partial charge in [-0.2, -0.15) is 0 Å². The number of hydrogen-bond donors (Lipinski definition) is 0. The van der Waals surface area contributed by atoms with E-state index in [0.717, 1.165) is 16.8 Å². The van der Waals surface area contributed by atoms with Crippen LogP contribution in [0.15, 0.2) is 18.2 Å². The highest BCUT2D eigenvalue weighted by Gasteiger charge is 2.39. The molecule has 0 aliphatic heterocycles. The molecule has 104 valence electrons. The predicted molar refractivity (Wildman–Crippen MR) is 75.1 cm³/mol. The molecule has 0 aliphatic rings. The Morgan fingerprint density at radius 3 is 2.26 bits per heavy atom. The number of amides is 1. The third-order valence-electron chi connectivity index (χ3n) is 3.25. The Morgan fingerprint density at radius 2 is 1.79 bits per heavy atom. The van der Waals surface area contributed by atoms with Crippen molar-refractivity contribution in [3.05, 3.63) is 29.3 Å². The van der Waals surface area contributed by atoms with Crippen molar-refractivity contribution in [1.82, 2.24) is 0 Å². The van der Waals surface area contributed by atoms with E-state index in [0.29, 0.717) is 0 Å². The lowest BCUT2D eigenvalue weighted by Gasteiger charge is -2.28. The monoisotopic (exact) mass is 263 g/mol. The highest BCUT2D eigenvalue weighted by molar-refractivity contribution is 6.09. The summed E-state index contributed by atoms with van der Waals surface area (Å²) in [6.07, 6.45) is 0. The number of hydrogen-bond acceptors (Lipinski definition) is 3. The second kappa shape index (κ2) is 5.43. The van der Waals surface area contributed by atoms with Gasteiger partial charge in [-0.1, -0.05) is 17.7 Å². The van der Waals surface area contributed by atoms with Crippen molar-refractivity contribution in [2.24, 2.45) is 5.41 Å². The lowest BCUT2D eigenvalue weighted by atomic mass is 9.91. The van der Waals surface area contributed by atoms with Gasteiger partial charge in [0.2, 0.25) is 5.91 Å². The zero-order valence-corrected chi connectivity index (χ0v) is 12.4. The van der Waals surface area contributed by atoms with Gasteiger partial charge in [-0.25, -0.2) is 0 Å². The molecule has 0 bridgehead atoms. The third-order valence-corrected chi connectivity index (χ3v) is 3.25. The van der Waals surface area contributed by atoms with Crippen molar-refractivity contribution in [2.75, 3.05) is 19.1 Å². The highest BCUT2D eigenvalue weighted by Crippen LogP contribution is 2.26. The fourth-order valence-corrected chi connectivity index (χ4v) is 2.05. The lowest BCUT2D eigenvalue weighted by Crippen LogP contribution is -2.44. The summed E-state index contributed by atoms with van der Waals surface area (Å²) in [6.45, 7) is 7.08. The Morgan fingerprint density at radius 1 is 1.21 bits per heavy atom. The summed E-state index contributed by atoms with van der Waals surface area (Å²) in [4.78, 5) is 25.6. The number of aryl methyl sites for hydroxylation is 2. The Labute approximate surface area is 114 Å². The number of carbonyl (C=O) groups excluding carboxylic acids is 2. The molecule has 0 unspecified atom stereocenters. The minimum atomic E-state index is -1.19. The molecule has 0 spiro atoms. The zero-order chi connectivity index (χ0) is 14.8. The number of anilines is 1. The van der Waals surface area contributed by atoms with Gasteiger partial charge in [0, 0.05) is 12.7 Å². The topological polar surface area (TPSA) is 46.6 Å². The first-order valence-corrected chi connectivity index (χ1v) is 6.15. The average molecular weight is 263 g/mol. The Balaban J connectivity index is 3.09. The Kier molecular flexibility index (Phi) is 4.35. The van der Waals surface area contributed by atoms with Crippen molar-refractivity contribution in [3.63, 3.8) is 0 Å². The maximum atomic E-state index is 12.4. The van der Waals surface area contributed by atoms with Crippen LogP contribution in [0.4, 0.5) is 5.69 Å². The maximum Gasteiger partial charge on any atom is 0.320 e. The number of rotatable bonds is 3. The summed E-state index contributed by atoms with van der Waals surface area (Å²) in [5.41, 5.74) is 1.74. The van der Waals surface area contributed by atoms with Crippen LogP contribution in [0.25, 0.3) is 0 Å². The van der Waals surface area contributed by atoms with Crippen LogP contribution >= 0.6 is 0 Å². The van der Waals surface area contributed by atoms with Crippen molar-refractivity contribution >= 4 is 17.6 Å². The molecule has 0 saturated heterocycles.